The van der Waals surface area contributed by atoms with Gasteiger partial charge in [-0.2, -0.15) is 0 Å². The summed E-state index contributed by atoms with van der Waals surface area (Å²) in [6, 6.07) is 4.40. The van der Waals surface area contributed by atoms with Crippen molar-refractivity contribution in [2.24, 2.45) is 5.92 Å². The SMILES string of the molecule is CC1C(NC(=O)c2cc3sccc3c(Cl)n2)C2CCN1CC2. The Morgan fingerprint density at radius 3 is 2.95 bits per heavy atom. The molecular formula is C16H18ClN3OS. The van der Waals surface area contributed by atoms with Crippen LogP contribution < -0.4 is 5.32 Å². The number of piperidine rings is 3. The summed E-state index contributed by atoms with van der Waals surface area (Å²) < 4.78 is 1.01. The maximum absolute atomic E-state index is 12.6. The number of nitrogens with zero attached hydrogens (tertiary/aromatic N) is 2. The molecule has 0 spiro atoms. The summed E-state index contributed by atoms with van der Waals surface area (Å²) in [7, 11) is 0. The Labute approximate surface area is 138 Å². The number of fused-ring (bicyclic) bond motifs is 4. The number of halogens is 1. The standard InChI is InChI=1S/C16H18ClN3OS/c1-9-14(10-2-5-20(9)6-3-10)19-16(21)12-8-13-11(4-7-22-13)15(17)18-12/h4,7-10,14H,2-3,5-6H2,1H3,(H,19,21). The van der Waals surface area contributed by atoms with Crippen LogP contribution >= 0.6 is 22.9 Å². The molecule has 2 aromatic heterocycles. The third kappa shape index (κ3) is 2.32. The van der Waals surface area contributed by atoms with E-state index < -0.39 is 0 Å². The van der Waals surface area contributed by atoms with E-state index in [1.54, 1.807) is 11.3 Å². The Bertz CT molecular complexity index is 721. The normalized spacial score (nSPS) is 30.6. The van der Waals surface area contributed by atoms with E-state index >= 15 is 0 Å². The monoisotopic (exact) mass is 335 g/mol. The molecule has 2 unspecified atom stereocenters. The van der Waals surface area contributed by atoms with Gasteiger partial charge in [0.2, 0.25) is 0 Å². The molecule has 3 aliphatic rings. The minimum Gasteiger partial charge on any atom is -0.346 e. The molecule has 2 aromatic rings. The van der Waals surface area contributed by atoms with Gasteiger partial charge < -0.3 is 5.32 Å². The third-order valence-electron chi connectivity index (χ3n) is 5.11. The summed E-state index contributed by atoms with van der Waals surface area (Å²) in [5.41, 5.74) is 0.420. The fourth-order valence-corrected chi connectivity index (χ4v) is 4.95. The van der Waals surface area contributed by atoms with Crippen LogP contribution in [0.4, 0.5) is 0 Å². The molecule has 6 heteroatoms. The average molecular weight is 336 g/mol. The van der Waals surface area contributed by atoms with E-state index in [-0.39, 0.29) is 11.9 Å². The molecule has 3 aliphatic heterocycles. The lowest BCUT2D eigenvalue weighted by Gasteiger charge is -2.49. The van der Waals surface area contributed by atoms with E-state index in [0.29, 0.717) is 22.8 Å². The summed E-state index contributed by atoms with van der Waals surface area (Å²) >= 11 is 7.77. The maximum atomic E-state index is 12.6. The van der Waals surface area contributed by atoms with Crippen molar-refractivity contribution in [3.05, 3.63) is 28.4 Å². The molecule has 0 saturated carbocycles. The first-order valence-corrected chi connectivity index (χ1v) is 8.98. The Morgan fingerprint density at radius 1 is 1.45 bits per heavy atom. The van der Waals surface area contributed by atoms with Crippen LogP contribution in [0.15, 0.2) is 17.5 Å². The van der Waals surface area contributed by atoms with Crippen molar-refractivity contribution < 1.29 is 4.79 Å². The highest BCUT2D eigenvalue weighted by molar-refractivity contribution is 7.17. The average Bonchev–Trinajstić information content (AvgIpc) is 3.00. The molecule has 5 rings (SSSR count). The molecule has 3 saturated heterocycles. The van der Waals surface area contributed by atoms with E-state index in [0.717, 1.165) is 23.2 Å². The molecule has 2 atom stereocenters. The van der Waals surface area contributed by atoms with Crippen molar-refractivity contribution in [1.29, 1.82) is 0 Å². The van der Waals surface area contributed by atoms with E-state index in [4.69, 9.17) is 11.6 Å². The zero-order chi connectivity index (χ0) is 15.3. The predicted molar refractivity (Wildman–Crippen MR) is 89.6 cm³/mol. The summed E-state index contributed by atoms with van der Waals surface area (Å²) in [5.74, 6) is 0.479. The van der Waals surface area contributed by atoms with E-state index in [9.17, 15) is 4.79 Å². The van der Waals surface area contributed by atoms with Gasteiger partial charge in [0.1, 0.15) is 10.8 Å². The molecule has 4 nitrogen and oxygen atoms in total. The number of carbonyl (C=O) groups is 1. The highest BCUT2D eigenvalue weighted by Crippen LogP contribution is 2.32. The van der Waals surface area contributed by atoms with E-state index in [1.165, 1.54) is 12.8 Å². The van der Waals surface area contributed by atoms with Gasteiger partial charge in [-0.3, -0.25) is 9.69 Å². The van der Waals surface area contributed by atoms with Crippen molar-refractivity contribution in [2.75, 3.05) is 13.1 Å². The fraction of sp³-hybridized carbons (Fsp3) is 0.500. The quantitative estimate of drug-likeness (QED) is 0.857. The van der Waals surface area contributed by atoms with Crippen LogP contribution in [-0.2, 0) is 0 Å². The third-order valence-corrected chi connectivity index (χ3v) is 6.26. The predicted octanol–water partition coefficient (Wildman–Crippen LogP) is 3.16. The molecule has 1 amide bonds. The second-order valence-electron chi connectivity index (χ2n) is 6.24. The van der Waals surface area contributed by atoms with Gasteiger partial charge in [-0.15, -0.1) is 11.3 Å². The largest absolute Gasteiger partial charge is 0.346 e. The number of rotatable bonds is 2. The van der Waals surface area contributed by atoms with Crippen LogP contribution in [0, 0.1) is 5.92 Å². The first kappa shape index (κ1) is 14.4. The minimum atomic E-state index is -0.109. The van der Waals surface area contributed by atoms with Crippen LogP contribution in [-0.4, -0.2) is 41.0 Å². The highest BCUT2D eigenvalue weighted by Gasteiger charge is 2.40. The smallest absolute Gasteiger partial charge is 0.270 e. The van der Waals surface area contributed by atoms with Crippen molar-refractivity contribution in [3.63, 3.8) is 0 Å². The fourth-order valence-electron chi connectivity index (χ4n) is 3.81. The molecule has 3 fully saturated rings. The molecule has 1 N–H and O–H groups in total. The minimum absolute atomic E-state index is 0.109. The van der Waals surface area contributed by atoms with Gasteiger partial charge in [-0.05, 0) is 56.3 Å². The summed E-state index contributed by atoms with van der Waals surface area (Å²) in [6.45, 7) is 4.52. The van der Waals surface area contributed by atoms with Crippen LogP contribution in [0.5, 0.6) is 0 Å². The van der Waals surface area contributed by atoms with Crippen molar-refractivity contribution in [1.82, 2.24) is 15.2 Å². The number of pyridine rings is 1. The van der Waals surface area contributed by atoms with Crippen LogP contribution in [0.1, 0.15) is 30.3 Å². The van der Waals surface area contributed by atoms with Gasteiger partial charge >= 0.3 is 0 Å². The molecular weight excluding hydrogens is 318 g/mol. The molecule has 0 radical (unpaired) electrons. The lowest BCUT2D eigenvalue weighted by atomic mass is 9.79. The number of amides is 1. The van der Waals surface area contributed by atoms with Gasteiger partial charge in [0.15, 0.2) is 0 Å². The van der Waals surface area contributed by atoms with E-state index in [1.807, 2.05) is 17.5 Å². The number of nitrogens with one attached hydrogen (secondary N) is 1. The molecule has 0 aromatic carbocycles. The highest BCUT2D eigenvalue weighted by atomic mass is 35.5. The Morgan fingerprint density at radius 2 is 2.23 bits per heavy atom. The van der Waals surface area contributed by atoms with Gasteiger partial charge in [0.25, 0.3) is 5.91 Å². The van der Waals surface area contributed by atoms with Gasteiger partial charge in [-0.1, -0.05) is 11.6 Å². The molecule has 5 heterocycles. The second kappa shape index (κ2) is 5.48. The second-order valence-corrected chi connectivity index (χ2v) is 7.55. The maximum Gasteiger partial charge on any atom is 0.270 e. The van der Waals surface area contributed by atoms with Crippen molar-refractivity contribution in [3.8, 4) is 0 Å². The zero-order valence-corrected chi connectivity index (χ0v) is 14.0. The van der Waals surface area contributed by atoms with Gasteiger partial charge in [0.05, 0.1) is 0 Å². The van der Waals surface area contributed by atoms with Crippen LogP contribution in [0.3, 0.4) is 0 Å². The summed E-state index contributed by atoms with van der Waals surface area (Å²) in [4.78, 5) is 19.3. The molecule has 116 valence electrons. The van der Waals surface area contributed by atoms with Crippen molar-refractivity contribution in [2.45, 2.75) is 31.8 Å². The Balaban J connectivity index is 1.58. The molecule has 22 heavy (non-hydrogen) atoms. The summed E-state index contributed by atoms with van der Waals surface area (Å²) in [5, 5.41) is 6.50. The van der Waals surface area contributed by atoms with E-state index in [2.05, 4.69) is 22.1 Å². The number of carbonyl (C=O) groups excluding carboxylic acids is 1. The van der Waals surface area contributed by atoms with Gasteiger partial charge in [-0.25, -0.2) is 4.98 Å². The van der Waals surface area contributed by atoms with Crippen LogP contribution in [0.25, 0.3) is 10.1 Å². The molecule has 0 aliphatic carbocycles. The lowest BCUT2D eigenvalue weighted by Crippen LogP contribution is -2.62. The molecule has 2 bridgehead atoms. The number of aromatic nitrogens is 1. The summed E-state index contributed by atoms with van der Waals surface area (Å²) in [6.07, 6.45) is 2.35. The Hall–Kier alpha value is -1.17. The number of thiophene rings is 1. The topological polar surface area (TPSA) is 45.2 Å². The first-order valence-electron chi connectivity index (χ1n) is 7.72. The Kier molecular flexibility index (Phi) is 3.59. The van der Waals surface area contributed by atoms with Gasteiger partial charge in [0, 0.05) is 22.2 Å². The first-order chi connectivity index (χ1) is 10.6. The number of hydrogen-bond donors (Lipinski definition) is 1. The van der Waals surface area contributed by atoms with Crippen molar-refractivity contribution >= 4 is 38.9 Å². The lowest BCUT2D eigenvalue weighted by molar-refractivity contribution is 0.0216. The zero-order valence-electron chi connectivity index (χ0n) is 12.4. The van der Waals surface area contributed by atoms with Crippen LogP contribution in [0.2, 0.25) is 5.15 Å². The number of hydrogen-bond acceptors (Lipinski definition) is 4.